The van der Waals surface area contributed by atoms with Crippen LogP contribution in [-0.2, 0) is 13.5 Å². The van der Waals surface area contributed by atoms with E-state index in [9.17, 15) is 9.59 Å². The third-order valence-electron chi connectivity index (χ3n) is 7.75. The molecular weight excluding hydrogens is 570 g/mol. The Morgan fingerprint density at radius 1 is 1.05 bits per heavy atom. The fourth-order valence-corrected chi connectivity index (χ4v) is 5.51. The number of nitrogens with one attached hydrogen (secondary N) is 2. The molecule has 12 nitrogen and oxygen atoms in total. The van der Waals surface area contributed by atoms with Gasteiger partial charge in [-0.25, -0.2) is 4.98 Å². The third kappa shape index (κ3) is 6.64. The van der Waals surface area contributed by atoms with Crippen LogP contribution in [0.4, 0.5) is 17.1 Å². The molecule has 2 aromatic heterocycles. The molecule has 2 aromatic carbocycles. The summed E-state index contributed by atoms with van der Waals surface area (Å²) in [5.74, 6) is 0.758. The molecule has 0 radical (unpaired) electrons. The van der Waals surface area contributed by atoms with Crippen LogP contribution in [0.25, 0.3) is 0 Å². The molecule has 13 heteroatoms. The fraction of sp³-hybridized carbons (Fsp3) is 0.400. The van der Waals surface area contributed by atoms with Crippen molar-refractivity contribution in [3.8, 4) is 0 Å². The lowest BCUT2D eigenvalue weighted by Gasteiger charge is -2.38. The van der Waals surface area contributed by atoms with Gasteiger partial charge >= 0.3 is 0 Å². The van der Waals surface area contributed by atoms with Crippen molar-refractivity contribution >= 4 is 40.5 Å². The molecule has 224 valence electrons. The maximum absolute atomic E-state index is 13.3. The lowest BCUT2D eigenvalue weighted by molar-refractivity contribution is 0.0951. The number of piperazine rings is 1. The van der Waals surface area contributed by atoms with E-state index in [0.717, 1.165) is 31.6 Å². The first kappa shape index (κ1) is 28.7. The van der Waals surface area contributed by atoms with Crippen LogP contribution in [0, 0.1) is 6.92 Å². The van der Waals surface area contributed by atoms with Crippen LogP contribution in [-0.4, -0.2) is 69.7 Å². The topological polar surface area (TPSA) is 134 Å². The number of aryl methyl sites for hydroxylation is 3. The van der Waals surface area contributed by atoms with Crippen LogP contribution in [0.1, 0.15) is 63.3 Å². The minimum absolute atomic E-state index is 0.204. The lowest BCUT2D eigenvalue weighted by atomic mass is 10.1. The number of tetrazole rings is 1. The number of aromatic nitrogens is 5. The Bertz CT molecular complexity index is 1620. The molecule has 43 heavy (non-hydrogen) atoms. The van der Waals surface area contributed by atoms with Gasteiger partial charge in [0.25, 0.3) is 11.8 Å². The van der Waals surface area contributed by atoms with E-state index in [1.165, 1.54) is 22.3 Å². The van der Waals surface area contributed by atoms with Crippen LogP contribution >= 0.6 is 11.6 Å². The van der Waals surface area contributed by atoms with Gasteiger partial charge in [-0.3, -0.25) is 9.59 Å². The van der Waals surface area contributed by atoms with Crippen LogP contribution < -0.4 is 20.4 Å². The average molecular weight is 604 g/mol. The lowest BCUT2D eigenvalue weighted by Crippen LogP contribution is -2.47. The monoisotopic (exact) mass is 603 g/mol. The van der Waals surface area contributed by atoms with Crippen molar-refractivity contribution in [2.45, 2.75) is 38.5 Å². The van der Waals surface area contributed by atoms with E-state index in [1.54, 1.807) is 19.2 Å². The summed E-state index contributed by atoms with van der Waals surface area (Å²) in [7, 11) is 1.71. The normalized spacial score (nSPS) is 15.0. The Kier molecular flexibility index (Phi) is 8.28. The number of halogens is 1. The zero-order valence-corrected chi connectivity index (χ0v) is 25.0. The second-order valence-electron chi connectivity index (χ2n) is 11.0. The molecule has 1 aliphatic heterocycles. The maximum Gasteiger partial charge on any atom is 0.277 e. The zero-order chi connectivity index (χ0) is 29.9. The molecule has 2 N–H and O–H groups in total. The largest absolute Gasteiger partial charge is 0.448 e. The SMILES string of the molecule is Cc1ccccc1N1CCN(c2cc(Cl)c(C(=O)NCCCc3nnn(C)n3)cc2NC(=O)c2coc(C3CC3)n2)CC1. The van der Waals surface area contributed by atoms with Gasteiger partial charge in [0.15, 0.2) is 17.4 Å². The Hall–Kier alpha value is -4.45. The van der Waals surface area contributed by atoms with Crippen molar-refractivity contribution in [3.05, 3.63) is 76.2 Å². The summed E-state index contributed by atoms with van der Waals surface area (Å²) in [6.45, 7) is 5.54. The van der Waals surface area contributed by atoms with Gasteiger partial charge < -0.3 is 24.9 Å². The second-order valence-corrected chi connectivity index (χ2v) is 11.4. The number of carbonyl (C=O) groups is 2. The standard InChI is InChI=1S/C30H34ClN9O3/c1-19-6-3-4-7-25(19)39-12-14-40(15-13-39)26-17-22(31)21(28(41)32-11-5-8-27-35-37-38(2)36-27)16-23(26)33-29(42)24-18-43-30(34-24)20-9-10-20/h3-4,6-7,16-18,20H,5,8-15H2,1-2H3,(H,32,41)(H,33,42). The molecule has 0 spiro atoms. The Balaban J connectivity index is 1.19. The molecule has 2 fully saturated rings. The first-order valence-electron chi connectivity index (χ1n) is 14.5. The van der Waals surface area contributed by atoms with E-state index >= 15 is 0 Å². The van der Waals surface area contributed by atoms with Crippen molar-refractivity contribution in [1.29, 1.82) is 0 Å². The van der Waals surface area contributed by atoms with Gasteiger partial charge in [0.05, 0.1) is 29.0 Å². The highest BCUT2D eigenvalue weighted by atomic mass is 35.5. The summed E-state index contributed by atoms with van der Waals surface area (Å²) >= 11 is 6.70. The highest BCUT2D eigenvalue weighted by Gasteiger charge is 2.30. The minimum atomic E-state index is -0.402. The number of oxazole rings is 1. The number of anilines is 3. The summed E-state index contributed by atoms with van der Waals surface area (Å²) < 4.78 is 5.54. The Morgan fingerprint density at radius 3 is 2.49 bits per heavy atom. The number of nitrogens with zero attached hydrogens (tertiary/aromatic N) is 7. The average Bonchev–Trinajstić information content (AvgIpc) is 3.58. The number of benzene rings is 2. The van der Waals surface area contributed by atoms with E-state index in [0.29, 0.717) is 54.9 Å². The van der Waals surface area contributed by atoms with Crippen molar-refractivity contribution in [2.24, 2.45) is 7.05 Å². The van der Waals surface area contributed by atoms with Crippen molar-refractivity contribution in [2.75, 3.05) is 47.8 Å². The van der Waals surface area contributed by atoms with Gasteiger partial charge in [-0.2, -0.15) is 4.80 Å². The molecule has 1 saturated carbocycles. The number of hydrogen-bond donors (Lipinski definition) is 2. The van der Waals surface area contributed by atoms with Crippen molar-refractivity contribution in [1.82, 2.24) is 30.5 Å². The molecule has 0 atom stereocenters. The third-order valence-corrected chi connectivity index (χ3v) is 8.06. The van der Waals surface area contributed by atoms with Gasteiger partial charge in [0.1, 0.15) is 6.26 Å². The van der Waals surface area contributed by atoms with Crippen molar-refractivity contribution < 1.29 is 14.0 Å². The van der Waals surface area contributed by atoms with Gasteiger partial charge in [-0.05, 0) is 55.2 Å². The van der Waals surface area contributed by atoms with E-state index in [1.807, 2.05) is 6.07 Å². The molecule has 0 bridgehead atoms. The maximum atomic E-state index is 13.3. The van der Waals surface area contributed by atoms with Gasteiger partial charge in [0.2, 0.25) is 0 Å². The van der Waals surface area contributed by atoms with E-state index in [2.05, 4.69) is 66.0 Å². The fourth-order valence-electron chi connectivity index (χ4n) is 5.27. The van der Waals surface area contributed by atoms with Gasteiger partial charge in [-0.1, -0.05) is 29.8 Å². The minimum Gasteiger partial charge on any atom is -0.448 e. The summed E-state index contributed by atoms with van der Waals surface area (Å²) in [6.07, 6.45) is 4.64. The molecule has 3 heterocycles. The number of amides is 2. The Labute approximate surface area is 254 Å². The van der Waals surface area contributed by atoms with Gasteiger partial charge in [0, 0.05) is 50.7 Å². The van der Waals surface area contributed by atoms with E-state index in [-0.39, 0.29) is 23.1 Å². The van der Waals surface area contributed by atoms with Gasteiger partial charge in [-0.15, -0.1) is 10.2 Å². The molecule has 0 unspecified atom stereocenters. The highest BCUT2D eigenvalue weighted by Crippen LogP contribution is 2.39. The molecule has 2 aliphatic rings. The quantitative estimate of drug-likeness (QED) is 0.258. The first-order valence-corrected chi connectivity index (χ1v) is 14.9. The number of rotatable bonds is 10. The summed E-state index contributed by atoms with van der Waals surface area (Å²) in [5.41, 5.74) is 4.16. The van der Waals surface area contributed by atoms with Crippen LogP contribution in [0.3, 0.4) is 0 Å². The first-order chi connectivity index (χ1) is 20.9. The smallest absolute Gasteiger partial charge is 0.277 e. The van der Waals surface area contributed by atoms with Crippen molar-refractivity contribution in [3.63, 3.8) is 0 Å². The highest BCUT2D eigenvalue weighted by molar-refractivity contribution is 6.34. The van der Waals surface area contributed by atoms with E-state index in [4.69, 9.17) is 16.0 Å². The number of para-hydroxylation sites is 1. The summed E-state index contributed by atoms with van der Waals surface area (Å²) in [6, 6.07) is 11.8. The predicted molar refractivity (Wildman–Crippen MR) is 163 cm³/mol. The number of carbonyl (C=O) groups excluding carboxylic acids is 2. The summed E-state index contributed by atoms with van der Waals surface area (Å²) in [4.78, 5) is 36.8. The number of hydrogen-bond acceptors (Lipinski definition) is 9. The molecule has 1 saturated heterocycles. The second kappa shape index (κ2) is 12.4. The van der Waals surface area contributed by atoms with Crippen LogP contribution in [0.15, 0.2) is 47.1 Å². The van der Waals surface area contributed by atoms with Crippen LogP contribution in [0.5, 0.6) is 0 Å². The molecular formula is C30H34ClN9O3. The summed E-state index contributed by atoms with van der Waals surface area (Å²) in [5, 5.41) is 18.2. The predicted octanol–water partition coefficient (Wildman–Crippen LogP) is 3.98. The van der Waals surface area contributed by atoms with E-state index < -0.39 is 5.91 Å². The molecule has 6 rings (SSSR count). The Morgan fingerprint density at radius 2 is 1.79 bits per heavy atom. The molecule has 2 amide bonds. The zero-order valence-electron chi connectivity index (χ0n) is 24.2. The molecule has 4 aromatic rings. The molecule has 1 aliphatic carbocycles. The van der Waals surface area contributed by atoms with Crippen LogP contribution in [0.2, 0.25) is 5.02 Å².